The summed E-state index contributed by atoms with van der Waals surface area (Å²) in [5.41, 5.74) is 11.9. The molecule has 7 aromatic rings. The van der Waals surface area contributed by atoms with Gasteiger partial charge < -0.3 is 4.74 Å². The lowest BCUT2D eigenvalue weighted by Gasteiger charge is -2.34. The highest BCUT2D eigenvalue weighted by Gasteiger charge is 2.33. The summed E-state index contributed by atoms with van der Waals surface area (Å²) >= 11 is 0. The summed E-state index contributed by atoms with van der Waals surface area (Å²) in [6, 6.07) is 36.3. The Balaban J connectivity index is 1.14. The molecule has 0 saturated carbocycles. The molecule has 0 aliphatic heterocycles. The van der Waals surface area contributed by atoms with Crippen LogP contribution in [0.2, 0.25) is 0 Å². The summed E-state index contributed by atoms with van der Waals surface area (Å²) in [5.74, 6) is 3.76. The number of aromatic nitrogens is 4. The minimum Gasteiger partial charge on any atom is -0.457 e. The van der Waals surface area contributed by atoms with Crippen LogP contribution in [0.1, 0.15) is 65.7 Å². The average Bonchev–Trinajstić information content (AvgIpc) is 3.57. The molecular weight excluding hydrogens is 601 g/mol. The van der Waals surface area contributed by atoms with E-state index in [1.54, 1.807) is 0 Å². The zero-order valence-corrected chi connectivity index (χ0v) is 29.1. The normalized spacial score (nSPS) is 17.8. The molecule has 1 aliphatic carbocycles. The van der Waals surface area contributed by atoms with E-state index in [2.05, 4.69) is 154 Å². The number of aryl methyl sites for hydroxylation is 3. The quantitative estimate of drug-likeness (QED) is 0.170. The van der Waals surface area contributed by atoms with Gasteiger partial charge in [0.2, 0.25) is 0 Å². The van der Waals surface area contributed by atoms with Crippen molar-refractivity contribution in [3.63, 3.8) is 0 Å². The number of ether oxygens (including phenoxy) is 1. The molecule has 0 saturated heterocycles. The fraction of sp³-hybridized carbons (Fsp3) is 0.227. The Hall–Kier alpha value is -5.42. The van der Waals surface area contributed by atoms with Crippen molar-refractivity contribution in [2.75, 3.05) is 0 Å². The molecule has 0 N–H and O–H groups in total. The van der Waals surface area contributed by atoms with Crippen LogP contribution in [-0.4, -0.2) is 19.3 Å². The van der Waals surface area contributed by atoms with Gasteiger partial charge in [0.25, 0.3) is 0 Å². The van der Waals surface area contributed by atoms with E-state index in [0.717, 1.165) is 51.7 Å². The van der Waals surface area contributed by atoms with Gasteiger partial charge in [0, 0.05) is 52.2 Å². The van der Waals surface area contributed by atoms with E-state index in [0.29, 0.717) is 17.8 Å². The lowest BCUT2D eigenvalue weighted by molar-refractivity contribution is 0.420. The molecule has 244 valence electrons. The fourth-order valence-corrected chi connectivity index (χ4v) is 8.22. The minimum absolute atomic E-state index is 0.343. The van der Waals surface area contributed by atoms with Gasteiger partial charge in [-0.05, 0) is 106 Å². The van der Waals surface area contributed by atoms with E-state index in [1.807, 2.05) is 12.3 Å². The maximum Gasteiger partial charge on any atom is 0.137 e. The lowest BCUT2D eigenvalue weighted by Crippen LogP contribution is -2.20. The van der Waals surface area contributed by atoms with Crippen LogP contribution >= 0.6 is 0 Å². The summed E-state index contributed by atoms with van der Waals surface area (Å²) in [6.07, 6.45) is 5.49. The molecule has 5 nitrogen and oxygen atoms in total. The molecule has 8 rings (SSSR count). The van der Waals surface area contributed by atoms with E-state index in [4.69, 9.17) is 14.8 Å². The van der Waals surface area contributed by atoms with Crippen LogP contribution in [0.25, 0.3) is 33.3 Å². The number of hydrogen-bond acceptors (Lipinski definition) is 3. The standard InChI is InChI=1S/C44H42N4O/c1-27-18-19-45-42(22-27)47-40-15-11-10-14-38(40)39-17-16-36(26-41(39)47)49-37-21-28(2)20-35(25-37)48-32(6)44(31(5)46-48)43-29(3)23-34(24-30(43)4)33-12-8-7-9-13-33/h7-23,25-26,30,34,43H,24H2,1-6H3/t30-,34-,43?/m0/s1. The van der Waals surface area contributed by atoms with E-state index in [-0.39, 0.29) is 0 Å². The number of para-hydroxylation sites is 1. The van der Waals surface area contributed by atoms with Crippen LogP contribution in [-0.2, 0) is 0 Å². The van der Waals surface area contributed by atoms with Gasteiger partial charge in [-0.1, -0.05) is 67.1 Å². The topological polar surface area (TPSA) is 44.9 Å². The number of allylic oxidation sites excluding steroid dienone is 2. The van der Waals surface area contributed by atoms with Crippen molar-refractivity contribution in [3.8, 4) is 23.0 Å². The summed E-state index contributed by atoms with van der Waals surface area (Å²) < 4.78 is 11.0. The Bertz CT molecular complexity index is 2380. The van der Waals surface area contributed by atoms with E-state index >= 15 is 0 Å². The average molecular weight is 643 g/mol. The van der Waals surface area contributed by atoms with Crippen molar-refractivity contribution in [2.45, 2.75) is 59.8 Å². The molecule has 3 atom stereocenters. The number of pyridine rings is 1. The predicted molar refractivity (Wildman–Crippen MR) is 201 cm³/mol. The van der Waals surface area contributed by atoms with Gasteiger partial charge >= 0.3 is 0 Å². The molecule has 4 aromatic carbocycles. The van der Waals surface area contributed by atoms with Gasteiger partial charge in [-0.15, -0.1) is 0 Å². The highest BCUT2D eigenvalue weighted by atomic mass is 16.5. The fourth-order valence-electron chi connectivity index (χ4n) is 8.22. The second-order valence-electron chi connectivity index (χ2n) is 13.9. The number of nitrogens with zero attached hydrogens (tertiary/aromatic N) is 4. The van der Waals surface area contributed by atoms with Gasteiger partial charge in [0.15, 0.2) is 0 Å². The molecule has 3 aromatic heterocycles. The van der Waals surface area contributed by atoms with Crippen LogP contribution < -0.4 is 4.74 Å². The number of fused-ring (bicyclic) bond motifs is 3. The first-order valence-corrected chi connectivity index (χ1v) is 17.3. The van der Waals surface area contributed by atoms with Gasteiger partial charge in [-0.25, -0.2) is 9.67 Å². The predicted octanol–water partition coefficient (Wildman–Crippen LogP) is 11.2. The van der Waals surface area contributed by atoms with Crippen molar-refractivity contribution in [1.82, 2.24) is 19.3 Å². The van der Waals surface area contributed by atoms with Crippen molar-refractivity contribution < 1.29 is 4.74 Å². The van der Waals surface area contributed by atoms with Crippen LogP contribution in [0, 0.1) is 33.6 Å². The monoisotopic (exact) mass is 642 g/mol. The molecule has 49 heavy (non-hydrogen) atoms. The lowest BCUT2D eigenvalue weighted by atomic mass is 9.70. The second-order valence-corrected chi connectivity index (χ2v) is 13.9. The van der Waals surface area contributed by atoms with Crippen LogP contribution in [0.4, 0.5) is 0 Å². The highest BCUT2D eigenvalue weighted by Crippen LogP contribution is 2.46. The van der Waals surface area contributed by atoms with Crippen molar-refractivity contribution in [1.29, 1.82) is 0 Å². The molecular formula is C44H42N4O. The first kappa shape index (κ1) is 30.9. The Labute approximate surface area is 288 Å². The second kappa shape index (κ2) is 12.2. The van der Waals surface area contributed by atoms with E-state index in [9.17, 15) is 0 Å². The molecule has 0 bridgehead atoms. The van der Waals surface area contributed by atoms with Crippen molar-refractivity contribution in [3.05, 3.63) is 155 Å². The van der Waals surface area contributed by atoms with Gasteiger partial charge in [0.1, 0.15) is 17.3 Å². The molecule has 0 fully saturated rings. The molecule has 5 heteroatoms. The van der Waals surface area contributed by atoms with Gasteiger partial charge in [-0.3, -0.25) is 4.57 Å². The zero-order chi connectivity index (χ0) is 33.8. The van der Waals surface area contributed by atoms with Gasteiger partial charge in [-0.2, -0.15) is 5.10 Å². The third-order valence-corrected chi connectivity index (χ3v) is 10.3. The SMILES string of the molecule is CC1=C[C@H](c2ccccc2)C[C@H](C)C1c1c(C)nn(-c2cc(C)cc(Oc3ccc4c5ccccc5n(-c5cc(C)ccn5)c4c3)c2)c1C. The zero-order valence-electron chi connectivity index (χ0n) is 29.1. The molecule has 0 radical (unpaired) electrons. The Morgan fingerprint density at radius 3 is 2.29 bits per heavy atom. The summed E-state index contributed by atoms with van der Waals surface area (Å²) in [7, 11) is 0. The largest absolute Gasteiger partial charge is 0.457 e. The maximum absolute atomic E-state index is 6.64. The van der Waals surface area contributed by atoms with E-state index in [1.165, 1.54) is 38.7 Å². The first-order chi connectivity index (χ1) is 23.7. The summed E-state index contributed by atoms with van der Waals surface area (Å²) in [5, 5.41) is 7.49. The summed E-state index contributed by atoms with van der Waals surface area (Å²) in [6.45, 7) is 13.3. The Morgan fingerprint density at radius 2 is 1.49 bits per heavy atom. The smallest absolute Gasteiger partial charge is 0.137 e. The van der Waals surface area contributed by atoms with Crippen molar-refractivity contribution >= 4 is 21.8 Å². The van der Waals surface area contributed by atoms with Crippen LogP contribution in [0.15, 0.2) is 121 Å². The molecule has 3 heterocycles. The molecule has 0 amide bonds. The van der Waals surface area contributed by atoms with Crippen molar-refractivity contribution in [2.24, 2.45) is 5.92 Å². The highest BCUT2D eigenvalue weighted by molar-refractivity contribution is 6.09. The minimum atomic E-state index is 0.343. The van der Waals surface area contributed by atoms with E-state index < -0.39 is 0 Å². The number of hydrogen-bond donors (Lipinski definition) is 0. The molecule has 1 unspecified atom stereocenters. The van der Waals surface area contributed by atoms with Gasteiger partial charge in [0.05, 0.1) is 22.4 Å². The molecule has 1 aliphatic rings. The maximum atomic E-state index is 6.64. The first-order valence-electron chi connectivity index (χ1n) is 17.3. The third kappa shape index (κ3) is 5.53. The third-order valence-electron chi connectivity index (χ3n) is 10.3. The van der Waals surface area contributed by atoms with Crippen LogP contribution in [0.3, 0.4) is 0 Å². The Morgan fingerprint density at radius 1 is 0.714 bits per heavy atom. The number of benzene rings is 4. The molecule has 0 spiro atoms. The number of rotatable bonds is 6. The van der Waals surface area contributed by atoms with Crippen LogP contribution in [0.5, 0.6) is 11.5 Å². The Kier molecular flexibility index (Phi) is 7.71. The summed E-state index contributed by atoms with van der Waals surface area (Å²) in [4.78, 5) is 4.74.